The molecule has 0 aliphatic carbocycles. The molecule has 0 aliphatic heterocycles. The normalized spacial score (nSPS) is 10.9. The first kappa shape index (κ1) is 17.5. The molecule has 0 radical (unpaired) electrons. The van der Waals surface area contributed by atoms with Gasteiger partial charge in [0.05, 0.1) is 11.4 Å². The monoisotopic (exact) mass is 343 g/mol. The Morgan fingerprint density at radius 2 is 1.46 bits per heavy atom. The molecule has 4 nitrogen and oxygen atoms in total. The summed E-state index contributed by atoms with van der Waals surface area (Å²) in [5, 5.41) is 11.6. The first-order chi connectivity index (χ1) is 12.5. The van der Waals surface area contributed by atoms with Gasteiger partial charge in [0.2, 0.25) is 0 Å². The second-order valence-electron chi connectivity index (χ2n) is 6.38. The van der Waals surface area contributed by atoms with E-state index >= 15 is 0 Å². The average molecular weight is 343 g/mol. The molecule has 0 atom stereocenters. The van der Waals surface area contributed by atoms with Crippen LogP contribution in [0.5, 0.6) is 0 Å². The van der Waals surface area contributed by atoms with Gasteiger partial charge in [-0.15, -0.1) is 5.11 Å². The lowest BCUT2D eigenvalue weighted by Gasteiger charge is -2.09. The standard InChI is InChI=1S/C22H21N3O/c1-15-7-10-19(11-8-15)24-25-21-14-17(3)9-12-20(21)23-22(26)18-6-4-5-16(2)13-18/h4-14H,1-3H3,(H,23,26). The van der Waals surface area contributed by atoms with Gasteiger partial charge in [0, 0.05) is 5.56 Å². The Hall–Kier alpha value is -3.27. The molecule has 3 rings (SSSR count). The summed E-state index contributed by atoms with van der Waals surface area (Å²) in [5.41, 5.74) is 5.92. The van der Waals surface area contributed by atoms with E-state index in [1.807, 2.05) is 81.4 Å². The summed E-state index contributed by atoms with van der Waals surface area (Å²) in [4.78, 5) is 12.5. The summed E-state index contributed by atoms with van der Waals surface area (Å²) in [6, 6.07) is 21.0. The molecule has 1 amide bonds. The van der Waals surface area contributed by atoms with Crippen molar-refractivity contribution >= 4 is 23.0 Å². The topological polar surface area (TPSA) is 53.8 Å². The second-order valence-corrected chi connectivity index (χ2v) is 6.38. The summed E-state index contributed by atoms with van der Waals surface area (Å²) in [5.74, 6) is -0.163. The van der Waals surface area contributed by atoms with Crippen LogP contribution in [0.1, 0.15) is 27.0 Å². The highest BCUT2D eigenvalue weighted by atomic mass is 16.1. The molecule has 0 fully saturated rings. The molecule has 3 aromatic carbocycles. The van der Waals surface area contributed by atoms with E-state index in [9.17, 15) is 4.79 Å². The first-order valence-electron chi connectivity index (χ1n) is 8.48. The van der Waals surface area contributed by atoms with Crippen molar-refractivity contribution in [2.45, 2.75) is 20.8 Å². The van der Waals surface area contributed by atoms with Crippen molar-refractivity contribution in [2.75, 3.05) is 5.32 Å². The number of hydrogen-bond donors (Lipinski definition) is 1. The van der Waals surface area contributed by atoms with Crippen LogP contribution in [0.25, 0.3) is 0 Å². The molecule has 26 heavy (non-hydrogen) atoms. The highest BCUT2D eigenvalue weighted by Gasteiger charge is 2.09. The van der Waals surface area contributed by atoms with Gasteiger partial charge in [-0.25, -0.2) is 0 Å². The third-order valence-electron chi connectivity index (χ3n) is 3.99. The van der Waals surface area contributed by atoms with Crippen LogP contribution in [0.15, 0.2) is 77.0 Å². The highest BCUT2D eigenvalue weighted by Crippen LogP contribution is 2.28. The Balaban J connectivity index is 1.86. The van der Waals surface area contributed by atoms with Gasteiger partial charge in [0.1, 0.15) is 5.69 Å². The van der Waals surface area contributed by atoms with E-state index in [2.05, 4.69) is 15.5 Å². The van der Waals surface area contributed by atoms with Crippen molar-refractivity contribution in [1.29, 1.82) is 0 Å². The van der Waals surface area contributed by atoms with Gasteiger partial charge in [-0.05, 0) is 62.7 Å². The summed E-state index contributed by atoms with van der Waals surface area (Å²) in [6.07, 6.45) is 0. The van der Waals surface area contributed by atoms with Crippen LogP contribution in [-0.2, 0) is 0 Å². The van der Waals surface area contributed by atoms with Crippen LogP contribution in [0.3, 0.4) is 0 Å². The molecule has 0 heterocycles. The van der Waals surface area contributed by atoms with E-state index in [-0.39, 0.29) is 5.91 Å². The molecule has 0 saturated heterocycles. The Morgan fingerprint density at radius 1 is 0.769 bits per heavy atom. The largest absolute Gasteiger partial charge is 0.320 e. The lowest BCUT2D eigenvalue weighted by molar-refractivity contribution is 0.102. The number of nitrogens with one attached hydrogen (secondary N) is 1. The maximum atomic E-state index is 12.5. The van der Waals surface area contributed by atoms with E-state index in [0.717, 1.165) is 16.8 Å². The number of amides is 1. The Labute approximate surface area is 153 Å². The van der Waals surface area contributed by atoms with Gasteiger partial charge in [-0.3, -0.25) is 4.79 Å². The Kier molecular flexibility index (Phi) is 5.23. The number of hydrogen-bond acceptors (Lipinski definition) is 3. The number of aryl methyl sites for hydroxylation is 3. The van der Waals surface area contributed by atoms with Crippen LogP contribution >= 0.6 is 0 Å². The number of carbonyl (C=O) groups is 1. The lowest BCUT2D eigenvalue weighted by atomic mass is 10.1. The number of anilines is 1. The molecular weight excluding hydrogens is 322 g/mol. The molecule has 1 N–H and O–H groups in total. The lowest BCUT2D eigenvalue weighted by Crippen LogP contribution is -2.12. The minimum absolute atomic E-state index is 0.163. The fourth-order valence-electron chi connectivity index (χ4n) is 2.53. The molecule has 4 heteroatoms. The van der Waals surface area contributed by atoms with E-state index in [1.54, 1.807) is 6.07 Å². The van der Waals surface area contributed by atoms with Crippen LogP contribution in [0.4, 0.5) is 17.1 Å². The molecular formula is C22H21N3O. The molecule has 0 unspecified atom stereocenters. The summed E-state index contributed by atoms with van der Waals surface area (Å²) < 4.78 is 0. The molecule has 3 aromatic rings. The maximum Gasteiger partial charge on any atom is 0.255 e. The van der Waals surface area contributed by atoms with Crippen molar-refractivity contribution < 1.29 is 4.79 Å². The molecule has 0 aromatic heterocycles. The zero-order chi connectivity index (χ0) is 18.5. The third kappa shape index (κ3) is 4.42. The number of rotatable bonds is 4. The Morgan fingerprint density at radius 3 is 2.19 bits per heavy atom. The predicted molar refractivity (Wildman–Crippen MR) is 106 cm³/mol. The van der Waals surface area contributed by atoms with Crippen molar-refractivity contribution in [2.24, 2.45) is 10.2 Å². The zero-order valence-corrected chi connectivity index (χ0v) is 15.2. The van der Waals surface area contributed by atoms with Crippen molar-refractivity contribution in [3.8, 4) is 0 Å². The number of azo groups is 1. The molecule has 0 aliphatic rings. The van der Waals surface area contributed by atoms with Gasteiger partial charge in [0.25, 0.3) is 5.91 Å². The van der Waals surface area contributed by atoms with Crippen LogP contribution in [-0.4, -0.2) is 5.91 Å². The summed E-state index contributed by atoms with van der Waals surface area (Å²) >= 11 is 0. The maximum absolute atomic E-state index is 12.5. The SMILES string of the molecule is Cc1ccc(N=Nc2cc(C)ccc2NC(=O)c2cccc(C)c2)cc1. The van der Waals surface area contributed by atoms with Crippen molar-refractivity contribution in [3.63, 3.8) is 0 Å². The predicted octanol–water partition coefficient (Wildman–Crippen LogP) is 6.28. The van der Waals surface area contributed by atoms with Gasteiger partial charge in [0.15, 0.2) is 0 Å². The highest BCUT2D eigenvalue weighted by molar-refractivity contribution is 6.05. The van der Waals surface area contributed by atoms with E-state index in [0.29, 0.717) is 16.9 Å². The fraction of sp³-hybridized carbons (Fsp3) is 0.136. The van der Waals surface area contributed by atoms with Crippen molar-refractivity contribution in [3.05, 3.63) is 89.0 Å². The quantitative estimate of drug-likeness (QED) is 0.557. The minimum Gasteiger partial charge on any atom is -0.320 e. The molecule has 0 bridgehead atoms. The number of benzene rings is 3. The Bertz CT molecular complexity index is 959. The zero-order valence-electron chi connectivity index (χ0n) is 15.2. The van der Waals surface area contributed by atoms with E-state index in [4.69, 9.17) is 0 Å². The third-order valence-corrected chi connectivity index (χ3v) is 3.99. The van der Waals surface area contributed by atoms with Crippen LogP contribution in [0.2, 0.25) is 0 Å². The van der Waals surface area contributed by atoms with Crippen LogP contribution in [0, 0.1) is 20.8 Å². The van der Waals surface area contributed by atoms with Gasteiger partial charge in [-0.1, -0.05) is 41.5 Å². The molecule has 0 spiro atoms. The van der Waals surface area contributed by atoms with E-state index in [1.165, 1.54) is 5.56 Å². The second kappa shape index (κ2) is 7.74. The van der Waals surface area contributed by atoms with Gasteiger partial charge < -0.3 is 5.32 Å². The minimum atomic E-state index is -0.163. The average Bonchev–Trinajstić information content (AvgIpc) is 2.63. The summed E-state index contributed by atoms with van der Waals surface area (Å²) in [7, 11) is 0. The number of carbonyl (C=O) groups excluding carboxylic acids is 1. The molecule has 130 valence electrons. The smallest absolute Gasteiger partial charge is 0.255 e. The molecule has 0 saturated carbocycles. The number of nitrogens with zero attached hydrogens (tertiary/aromatic N) is 2. The fourth-order valence-corrected chi connectivity index (χ4v) is 2.53. The van der Waals surface area contributed by atoms with Crippen LogP contribution < -0.4 is 5.32 Å². The summed E-state index contributed by atoms with van der Waals surface area (Å²) in [6.45, 7) is 5.97. The van der Waals surface area contributed by atoms with E-state index < -0.39 is 0 Å². The van der Waals surface area contributed by atoms with Gasteiger partial charge >= 0.3 is 0 Å². The van der Waals surface area contributed by atoms with Crippen molar-refractivity contribution in [1.82, 2.24) is 0 Å². The van der Waals surface area contributed by atoms with Gasteiger partial charge in [-0.2, -0.15) is 5.11 Å². The first-order valence-corrected chi connectivity index (χ1v) is 8.48.